The van der Waals surface area contributed by atoms with Crippen LogP contribution in [0, 0.1) is 11.3 Å². The summed E-state index contributed by atoms with van der Waals surface area (Å²) < 4.78 is 5.30. The smallest absolute Gasteiger partial charge is 0.211 e. The van der Waals surface area contributed by atoms with E-state index < -0.39 is 5.41 Å². The second kappa shape index (κ2) is 5.59. The Bertz CT molecular complexity index is 462. The number of ether oxygens (including phenoxy) is 1. The summed E-state index contributed by atoms with van der Waals surface area (Å²) in [5, 5.41) is 0. The zero-order valence-electron chi connectivity index (χ0n) is 12.4. The van der Waals surface area contributed by atoms with Crippen molar-refractivity contribution in [3.8, 4) is 0 Å². The van der Waals surface area contributed by atoms with Gasteiger partial charge in [-0.2, -0.15) is 0 Å². The van der Waals surface area contributed by atoms with Crippen molar-refractivity contribution < 1.29 is 14.3 Å². The molecule has 2 atom stereocenters. The lowest BCUT2D eigenvalue weighted by Crippen LogP contribution is -2.44. The van der Waals surface area contributed by atoms with Crippen LogP contribution in [-0.4, -0.2) is 18.7 Å². The Morgan fingerprint density at radius 3 is 2.26 bits per heavy atom. The van der Waals surface area contributed by atoms with Crippen LogP contribution in [0.2, 0.25) is 0 Å². The van der Waals surface area contributed by atoms with Gasteiger partial charge in [0.1, 0.15) is 0 Å². The van der Waals surface area contributed by atoms with Gasteiger partial charge in [-0.1, -0.05) is 20.8 Å². The van der Waals surface area contributed by atoms with Gasteiger partial charge in [0.2, 0.25) is 5.78 Å². The van der Waals surface area contributed by atoms with Gasteiger partial charge in [0.15, 0.2) is 11.5 Å². The van der Waals surface area contributed by atoms with E-state index in [2.05, 4.69) is 0 Å². The second-order valence-electron chi connectivity index (χ2n) is 5.18. The van der Waals surface area contributed by atoms with Gasteiger partial charge in [0.05, 0.1) is 12.5 Å². The molecule has 0 unspecified atom stereocenters. The van der Waals surface area contributed by atoms with E-state index in [1.807, 2.05) is 20.8 Å². The first kappa shape index (κ1) is 15.5. The zero-order chi connectivity index (χ0) is 14.8. The van der Waals surface area contributed by atoms with Crippen molar-refractivity contribution in [2.45, 2.75) is 40.5 Å². The average Bonchev–Trinajstić information content (AvgIpc) is 2.43. The Balaban J connectivity index is 3.59. The molecule has 0 saturated carbocycles. The van der Waals surface area contributed by atoms with Crippen molar-refractivity contribution in [3.05, 3.63) is 23.1 Å². The summed E-state index contributed by atoms with van der Waals surface area (Å²) in [6.07, 6.45) is 2.55. The maximum atomic E-state index is 12.6. The molecule has 0 fully saturated rings. The number of carbonyl (C=O) groups is 2. The molecule has 0 heterocycles. The van der Waals surface area contributed by atoms with Crippen LogP contribution in [0.15, 0.2) is 23.1 Å². The third kappa shape index (κ3) is 2.20. The minimum absolute atomic E-state index is 0.0547. The maximum Gasteiger partial charge on any atom is 0.211 e. The highest BCUT2D eigenvalue weighted by Gasteiger charge is 2.49. The zero-order valence-corrected chi connectivity index (χ0v) is 12.4. The lowest BCUT2D eigenvalue weighted by atomic mass is 9.67. The predicted octanol–water partition coefficient (Wildman–Crippen LogP) is 2.34. The largest absolute Gasteiger partial charge is 0.493 e. The van der Waals surface area contributed by atoms with Gasteiger partial charge >= 0.3 is 0 Å². The standard InChI is InChI=1S/C15H23NO3/c1-6-9(3)11-10(8-16)13(17)15(4,7-2)14(18)12(11)19-5/h8-9H,6-7,16H2,1-5H3/b10-8-/t9-,15+/m1/s1. The molecule has 4 heteroatoms. The van der Waals surface area contributed by atoms with E-state index in [0.29, 0.717) is 17.6 Å². The number of hydrogen-bond donors (Lipinski definition) is 1. The van der Waals surface area contributed by atoms with Gasteiger partial charge < -0.3 is 10.5 Å². The Kier molecular flexibility index (Phi) is 4.56. The molecule has 1 rings (SSSR count). The van der Waals surface area contributed by atoms with Crippen LogP contribution in [0.5, 0.6) is 0 Å². The molecule has 0 aromatic rings. The normalized spacial score (nSPS) is 27.9. The fourth-order valence-corrected chi connectivity index (χ4v) is 2.40. The summed E-state index contributed by atoms with van der Waals surface area (Å²) >= 11 is 0. The molecule has 4 nitrogen and oxygen atoms in total. The van der Waals surface area contributed by atoms with E-state index in [-0.39, 0.29) is 23.2 Å². The SMILES string of the molecule is CC[C@@H](C)C1=C(OC)C(=O)[C@@](C)(CC)C(=O)/C1=C\N. The summed E-state index contributed by atoms with van der Waals surface area (Å²) in [7, 11) is 1.47. The van der Waals surface area contributed by atoms with E-state index in [0.717, 1.165) is 6.42 Å². The lowest BCUT2D eigenvalue weighted by Gasteiger charge is -2.34. The highest BCUT2D eigenvalue weighted by atomic mass is 16.5. The summed E-state index contributed by atoms with van der Waals surface area (Å²) in [5.74, 6) is -0.0870. The Morgan fingerprint density at radius 2 is 1.89 bits per heavy atom. The maximum absolute atomic E-state index is 12.6. The van der Waals surface area contributed by atoms with E-state index in [1.165, 1.54) is 13.3 Å². The van der Waals surface area contributed by atoms with Crippen LogP contribution in [0.3, 0.4) is 0 Å². The molecular weight excluding hydrogens is 242 g/mol. The van der Waals surface area contributed by atoms with E-state index in [4.69, 9.17) is 10.5 Å². The van der Waals surface area contributed by atoms with Crippen molar-refractivity contribution in [2.75, 3.05) is 7.11 Å². The number of rotatable bonds is 4. The lowest BCUT2D eigenvalue weighted by molar-refractivity contribution is -0.138. The third-order valence-corrected chi connectivity index (χ3v) is 4.17. The first-order valence-corrected chi connectivity index (χ1v) is 6.68. The van der Waals surface area contributed by atoms with E-state index >= 15 is 0 Å². The third-order valence-electron chi connectivity index (χ3n) is 4.17. The Morgan fingerprint density at radius 1 is 1.32 bits per heavy atom. The summed E-state index contributed by atoms with van der Waals surface area (Å²) in [6, 6.07) is 0. The van der Waals surface area contributed by atoms with Gasteiger partial charge in [0.25, 0.3) is 0 Å². The minimum Gasteiger partial charge on any atom is -0.493 e. The topological polar surface area (TPSA) is 69.4 Å². The van der Waals surface area contributed by atoms with Gasteiger partial charge in [-0.25, -0.2) is 0 Å². The molecule has 106 valence electrons. The summed E-state index contributed by atoms with van der Waals surface area (Å²) in [6.45, 7) is 7.45. The van der Waals surface area contributed by atoms with Crippen molar-refractivity contribution in [1.82, 2.24) is 0 Å². The Hall–Kier alpha value is -1.58. The molecule has 2 N–H and O–H groups in total. The number of methoxy groups -OCH3 is 1. The fraction of sp³-hybridized carbons (Fsp3) is 0.600. The molecule has 0 aliphatic heterocycles. The van der Waals surface area contributed by atoms with Crippen LogP contribution in [0.1, 0.15) is 40.5 Å². The molecule has 19 heavy (non-hydrogen) atoms. The molecule has 0 bridgehead atoms. The van der Waals surface area contributed by atoms with Crippen molar-refractivity contribution in [2.24, 2.45) is 17.1 Å². The first-order valence-electron chi connectivity index (χ1n) is 6.68. The molecule has 0 aromatic carbocycles. The Labute approximate surface area is 114 Å². The molecule has 1 aliphatic carbocycles. The molecule has 1 aliphatic rings. The molecule has 0 spiro atoms. The molecule has 0 radical (unpaired) electrons. The van der Waals surface area contributed by atoms with Gasteiger partial charge in [-0.3, -0.25) is 9.59 Å². The number of ketones is 2. The van der Waals surface area contributed by atoms with Gasteiger partial charge in [0, 0.05) is 17.3 Å². The monoisotopic (exact) mass is 265 g/mol. The van der Waals surface area contributed by atoms with Crippen LogP contribution in [0.4, 0.5) is 0 Å². The first-order chi connectivity index (χ1) is 8.88. The second-order valence-corrected chi connectivity index (χ2v) is 5.18. The summed E-state index contributed by atoms with van der Waals surface area (Å²) in [4.78, 5) is 25.1. The highest BCUT2D eigenvalue weighted by Crippen LogP contribution is 2.41. The van der Waals surface area contributed by atoms with Gasteiger partial charge in [-0.05, 0) is 25.7 Å². The van der Waals surface area contributed by atoms with Crippen molar-refractivity contribution in [3.63, 3.8) is 0 Å². The van der Waals surface area contributed by atoms with E-state index in [1.54, 1.807) is 6.92 Å². The molecule has 0 aromatic heterocycles. The van der Waals surface area contributed by atoms with E-state index in [9.17, 15) is 9.59 Å². The number of hydrogen-bond acceptors (Lipinski definition) is 4. The predicted molar refractivity (Wildman–Crippen MR) is 74.2 cm³/mol. The highest BCUT2D eigenvalue weighted by molar-refractivity contribution is 6.24. The number of allylic oxidation sites excluding steroid dienone is 3. The number of carbonyl (C=O) groups excluding carboxylic acids is 2. The van der Waals surface area contributed by atoms with Crippen LogP contribution in [0.25, 0.3) is 0 Å². The molecule has 0 saturated heterocycles. The number of Topliss-reactive ketones (excluding diaryl/α,β-unsaturated/α-hetero) is 2. The fourth-order valence-electron chi connectivity index (χ4n) is 2.40. The van der Waals surface area contributed by atoms with Crippen LogP contribution < -0.4 is 5.73 Å². The average molecular weight is 265 g/mol. The minimum atomic E-state index is -1.06. The quantitative estimate of drug-likeness (QED) is 0.625. The number of nitrogens with two attached hydrogens (primary N) is 1. The van der Waals surface area contributed by atoms with Crippen molar-refractivity contribution in [1.29, 1.82) is 0 Å². The molecule has 0 amide bonds. The van der Waals surface area contributed by atoms with Gasteiger partial charge in [-0.15, -0.1) is 0 Å². The summed E-state index contributed by atoms with van der Waals surface area (Å²) in [5.41, 5.74) is 5.64. The molecular formula is C15H23NO3. The van der Waals surface area contributed by atoms with Crippen molar-refractivity contribution >= 4 is 11.6 Å². The van der Waals surface area contributed by atoms with Crippen LogP contribution >= 0.6 is 0 Å². The van der Waals surface area contributed by atoms with Crippen LogP contribution in [-0.2, 0) is 14.3 Å².